The molecule has 0 radical (unpaired) electrons. The van der Waals surface area contributed by atoms with E-state index in [2.05, 4.69) is 24.4 Å². The maximum Gasteiger partial charge on any atom is 0.290 e. The van der Waals surface area contributed by atoms with Gasteiger partial charge in [-0.1, -0.05) is 25.1 Å². The molecule has 0 aromatic heterocycles. The van der Waals surface area contributed by atoms with Gasteiger partial charge in [-0.3, -0.25) is 14.9 Å². The van der Waals surface area contributed by atoms with Crippen molar-refractivity contribution in [2.75, 3.05) is 19.8 Å². The summed E-state index contributed by atoms with van der Waals surface area (Å²) >= 11 is 0.887. The molecule has 0 atom stereocenters. The summed E-state index contributed by atoms with van der Waals surface area (Å²) < 4.78 is 17.3. The molecule has 1 saturated heterocycles. The van der Waals surface area contributed by atoms with E-state index >= 15 is 0 Å². The third-order valence-electron chi connectivity index (χ3n) is 4.35. The Morgan fingerprint density at radius 3 is 2.37 bits per heavy atom. The van der Waals surface area contributed by atoms with Crippen molar-refractivity contribution in [3.8, 4) is 17.2 Å². The van der Waals surface area contributed by atoms with E-state index in [-0.39, 0.29) is 11.1 Å². The highest BCUT2D eigenvalue weighted by molar-refractivity contribution is 8.18. The summed E-state index contributed by atoms with van der Waals surface area (Å²) in [6.45, 7) is 5.55. The van der Waals surface area contributed by atoms with Gasteiger partial charge in [-0.15, -0.1) is 0 Å². The molecule has 0 unspecified atom stereocenters. The predicted molar refractivity (Wildman–Crippen MR) is 118 cm³/mol. The maximum atomic E-state index is 11.7. The van der Waals surface area contributed by atoms with Gasteiger partial charge in [0.2, 0.25) is 0 Å². The fourth-order valence-corrected chi connectivity index (χ4v) is 3.51. The number of carbonyl (C=O) groups is 2. The first-order chi connectivity index (χ1) is 14.6. The third kappa shape index (κ3) is 6.03. The molecule has 0 aliphatic carbocycles. The van der Waals surface area contributed by atoms with Gasteiger partial charge in [0.25, 0.3) is 11.1 Å². The van der Waals surface area contributed by atoms with Crippen molar-refractivity contribution in [1.82, 2.24) is 5.32 Å². The number of hydrogen-bond acceptors (Lipinski definition) is 6. The zero-order chi connectivity index (χ0) is 21.3. The van der Waals surface area contributed by atoms with E-state index in [9.17, 15) is 9.59 Å². The molecule has 0 spiro atoms. The van der Waals surface area contributed by atoms with Crippen molar-refractivity contribution >= 4 is 29.0 Å². The van der Waals surface area contributed by atoms with E-state index < -0.39 is 0 Å². The minimum atomic E-state index is -0.382. The summed E-state index contributed by atoms with van der Waals surface area (Å²) in [4.78, 5) is 23.4. The number of thioether (sulfide) groups is 1. The van der Waals surface area contributed by atoms with Crippen molar-refractivity contribution in [2.45, 2.75) is 26.7 Å². The van der Waals surface area contributed by atoms with Crippen LogP contribution in [0.2, 0.25) is 0 Å². The lowest BCUT2D eigenvalue weighted by Crippen LogP contribution is -2.17. The lowest BCUT2D eigenvalue weighted by Gasteiger charge is -2.13. The summed E-state index contributed by atoms with van der Waals surface area (Å²) in [5.41, 5.74) is 2.05. The quantitative estimate of drug-likeness (QED) is 0.433. The van der Waals surface area contributed by atoms with Gasteiger partial charge in [0.05, 0.1) is 24.7 Å². The molecule has 1 fully saturated rings. The average molecular weight is 428 g/mol. The third-order valence-corrected chi connectivity index (χ3v) is 5.16. The SMILES string of the molecule is CCOc1cc(C=C2SC(=O)NC2=O)ccc1OCCCOc1ccc(CC)cc1. The van der Waals surface area contributed by atoms with Gasteiger partial charge < -0.3 is 14.2 Å². The Balaban J connectivity index is 1.54. The number of hydrogen-bond donors (Lipinski definition) is 1. The summed E-state index contributed by atoms with van der Waals surface area (Å²) in [5, 5.41) is 1.88. The van der Waals surface area contributed by atoms with E-state index in [1.165, 1.54) is 5.56 Å². The molecule has 30 heavy (non-hydrogen) atoms. The highest BCUT2D eigenvalue weighted by Gasteiger charge is 2.25. The lowest BCUT2D eigenvalue weighted by molar-refractivity contribution is -0.115. The van der Waals surface area contributed by atoms with Crippen LogP contribution in [0.25, 0.3) is 6.08 Å². The number of aryl methyl sites for hydroxylation is 1. The standard InChI is InChI=1S/C23H25NO5S/c1-3-16-6-9-18(10-7-16)28-12-5-13-29-19-11-8-17(14-20(19)27-4-2)15-21-22(25)24-23(26)30-21/h6-11,14-15H,3-5,12-13H2,1-2H3,(H,24,25,26). The van der Waals surface area contributed by atoms with Gasteiger partial charge >= 0.3 is 0 Å². The molecule has 1 heterocycles. The van der Waals surface area contributed by atoms with Crippen LogP contribution in [0, 0.1) is 0 Å². The smallest absolute Gasteiger partial charge is 0.290 e. The number of imide groups is 1. The van der Waals surface area contributed by atoms with Gasteiger partial charge in [-0.2, -0.15) is 0 Å². The van der Waals surface area contributed by atoms with E-state index in [0.717, 1.165) is 35.9 Å². The van der Waals surface area contributed by atoms with Crippen LogP contribution in [0.5, 0.6) is 17.2 Å². The van der Waals surface area contributed by atoms with Crippen molar-refractivity contribution in [1.29, 1.82) is 0 Å². The van der Waals surface area contributed by atoms with Crippen molar-refractivity contribution in [2.24, 2.45) is 0 Å². The van der Waals surface area contributed by atoms with Crippen LogP contribution in [0.3, 0.4) is 0 Å². The van der Waals surface area contributed by atoms with Gasteiger partial charge in [0, 0.05) is 6.42 Å². The molecule has 1 aliphatic rings. The van der Waals surface area contributed by atoms with Gasteiger partial charge in [-0.25, -0.2) is 0 Å². The molecule has 0 bridgehead atoms. The van der Waals surface area contributed by atoms with Gasteiger partial charge in [0.1, 0.15) is 5.75 Å². The van der Waals surface area contributed by atoms with Crippen LogP contribution in [0.4, 0.5) is 4.79 Å². The molecule has 2 amide bonds. The molecule has 1 aliphatic heterocycles. The molecule has 7 heteroatoms. The number of amides is 2. The minimum absolute atomic E-state index is 0.361. The second-order valence-corrected chi connectivity index (χ2v) is 7.55. The number of nitrogens with one attached hydrogen (secondary N) is 1. The van der Waals surface area contributed by atoms with Crippen LogP contribution in [-0.2, 0) is 11.2 Å². The fourth-order valence-electron chi connectivity index (χ4n) is 2.83. The molecular weight excluding hydrogens is 402 g/mol. The molecule has 158 valence electrons. The molecular formula is C23H25NO5S. The monoisotopic (exact) mass is 427 g/mol. The van der Waals surface area contributed by atoms with Crippen LogP contribution < -0.4 is 19.5 Å². The summed E-state index contributed by atoms with van der Waals surface area (Å²) in [6, 6.07) is 13.5. The van der Waals surface area contributed by atoms with E-state index in [4.69, 9.17) is 14.2 Å². The van der Waals surface area contributed by atoms with Crippen molar-refractivity contribution < 1.29 is 23.8 Å². The van der Waals surface area contributed by atoms with Crippen LogP contribution in [0.15, 0.2) is 47.4 Å². The first-order valence-corrected chi connectivity index (χ1v) is 10.8. The number of benzene rings is 2. The van der Waals surface area contributed by atoms with E-state index in [1.807, 2.05) is 25.1 Å². The predicted octanol–water partition coefficient (Wildman–Crippen LogP) is 4.82. The summed E-state index contributed by atoms with van der Waals surface area (Å²) in [6.07, 6.45) is 3.40. The number of ether oxygens (including phenoxy) is 3. The first kappa shape index (κ1) is 21.8. The Bertz CT molecular complexity index is 924. The first-order valence-electron chi connectivity index (χ1n) is 9.95. The topological polar surface area (TPSA) is 73.9 Å². The second-order valence-electron chi connectivity index (χ2n) is 6.54. The van der Waals surface area contributed by atoms with Crippen LogP contribution in [0.1, 0.15) is 31.4 Å². The lowest BCUT2D eigenvalue weighted by atomic mass is 10.2. The summed E-state index contributed by atoms with van der Waals surface area (Å²) in [5.74, 6) is 1.70. The Hall–Kier alpha value is -2.93. The van der Waals surface area contributed by atoms with Crippen LogP contribution >= 0.6 is 11.8 Å². The Kier molecular flexibility index (Phi) is 7.79. The Labute approximate surface area is 180 Å². The zero-order valence-electron chi connectivity index (χ0n) is 17.1. The molecule has 0 saturated carbocycles. The van der Waals surface area contributed by atoms with Crippen LogP contribution in [-0.4, -0.2) is 31.0 Å². The Morgan fingerprint density at radius 2 is 1.70 bits per heavy atom. The normalized spacial score (nSPS) is 14.7. The average Bonchev–Trinajstić information content (AvgIpc) is 3.06. The molecule has 2 aromatic carbocycles. The van der Waals surface area contributed by atoms with E-state index in [0.29, 0.717) is 36.2 Å². The summed E-state index contributed by atoms with van der Waals surface area (Å²) in [7, 11) is 0. The molecule has 3 rings (SSSR count). The second kappa shape index (κ2) is 10.7. The van der Waals surface area contributed by atoms with Gasteiger partial charge in [-0.05, 0) is 66.6 Å². The largest absolute Gasteiger partial charge is 0.493 e. The van der Waals surface area contributed by atoms with Gasteiger partial charge in [0.15, 0.2) is 11.5 Å². The van der Waals surface area contributed by atoms with Crippen molar-refractivity contribution in [3.05, 3.63) is 58.5 Å². The van der Waals surface area contributed by atoms with E-state index in [1.54, 1.807) is 18.2 Å². The number of rotatable bonds is 10. The molecule has 2 aromatic rings. The highest BCUT2D eigenvalue weighted by Crippen LogP contribution is 2.32. The fraction of sp³-hybridized carbons (Fsp3) is 0.304. The molecule has 6 nitrogen and oxygen atoms in total. The zero-order valence-corrected chi connectivity index (χ0v) is 17.9. The Morgan fingerprint density at radius 1 is 0.933 bits per heavy atom. The van der Waals surface area contributed by atoms with Crippen molar-refractivity contribution in [3.63, 3.8) is 0 Å². The minimum Gasteiger partial charge on any atom is -0.493 e. The molecule has 1 N–H and O–H groups in total. The number of carbonyl (C=O) groups excluding carboxylic acids is 2. The maximum absolute atomic E-state index is 11.7. The highest BCUT2D eigenvalue weighted by atomic mass is 32.2.